The fourth-order valence-electron chi connectivity index (χ4n) is 2.86. The highest BCUT2D eigenvalue weighted by molar-refractivity contribution is 5.94. The molecule has 0 heterocycles. The number of carbonyl (C=O) groups is 2. The summed E-state index contributed by atoms with van der Waals surface area (Å²) in [7, 11) is 3.93. The van der Waals surface area contributed by atoms with Gasteiger partial charge >= 0.3 is 0 Å². The first kappa shape index (κ1) is 18.4. The number of likely N-dealkylation sites (N-methyl/N-ethyl adjacent to an activating group) is 1. The van der Waals surface area contributed by atoms with Crippen molar-refractivity contribution in [2.45, 2.75) is 31.8 Å². The summed E-state index contributed by atoms with van der Waals surface area (Å²) < 4.78 is 0. The molecule has 1 aliphatic rings. The van der Waals surface area contributed by atoms with Gasteiger partial charge in [-0.1, -0.05) is 12.1 Å². The number of rotatable bonds is 7. The Morgan fingerprint density at radius 1 is 1.17 bits per heavy atom. The Morgan fingerprint density at radius 3 is 2.46 bits per heavy atom. The van der Waals surface area contributed by atoms with E-state index in [0.717, 1.165) is 31.4 Å². The number of hydrogen-bond acceptors (Lipinski definition) is 4. The molecule has 0 spiro atoms. The van der Waals surface area contributed by atoms with Gasteiger partial charge in [0.05, 0.1) is 0 Å². The van der Waals surface area contributed by atoms with Crippen molar-refractivity contribution in [1.29, 1.82) is 0 Å². The van der Waals surface area contributed by atoms with Gasteiger partial charge in [-0.05, 0) is 51.1 Å². The van der Waals surface area contributed by atoms with E-state index in [9.17, 15) is 9.59 Å². The molecule has 1 fully saturated rings. The van der Waals surface area contributed by atoms with Gasteiger partial charge in [0.1, 0.15) is 0 Å². The summed E-state index contributed by atoms with van der Waals surface area (Å²) in [4.78, 5) is 26.1. The van der Waals surface area contributed by atoms with Gasteiger partial charge in [0.25, 0.3) is 5.91 Å². The Hall–Kier alpha value is -1.92. The van der Waals surface area contributed by atoms with Crippen LogP contribution in [0.15, 0.2) is 24.3 Å². The lowest BCUT2D eigenvalue weighted by Gasteiger charge is -2.12. The van der Waals surface area contributed by atoms with E-state index in [1.54, 1.807) is 12.1 Å². The number of nitrogens with one attached hydrogen (secondary N) is 2. The molecular formula is C18H28N4O2. The Morgan fingerprint density at radius 2 is 1.88 bits per heavy atom. The molecule has 2 rings (SSSR count). The fraction of sp³-hybridized carbons (Fsp3) is 0.556. The van der Waals surface area contributed by atoms with Crippen molar-refractivity contribution >= 4 is 11.8 Å². The smallest absolute Gasteiger partial charge is 0.251 e. The van der Waals surface area contributed by atoms with Crippen LogP contribution in [0.25, 0.3) is 0 Å². The van der Waals surface area contributed by atoms with Gasteiger partial charge in [-0.25, -0.2) is 0 Å². The summed E-state index contributed by atoms with van der Waals surface area (Å²) in [6.45, 7) is 1.90. The number of hydrogen-bond donors (Lipinski definition) is 3. The predicted octanol–water partition coefficient (Wildman–Crippen LogP) is 0.722. The number of amides is 2. The molecule has 0 radical (unpaired) electrons. The molecular weight excluding hydrogens is 304 g/mol. The van der Waals surface area contributed by atoms with Crippen molar-refractivity contribution in [2.24, 2.45) is 11.7 Å². The number of nitrogens with zero attached hydrogens (tertiary/aromatic N) is 1. The molecule has 6 heteroatoms. The summed E-state index contributed by atoms with van der Waals surface area (Å²) in [5, 5.41) is 5.84. The minimum absolute atomic E-state index is 0.0433. The van der Waals surface area contributed by atoms with Crippen LogP contribution in [0.4, 0.5) is 0 Å². The molecule has 0 aromatic heterocycles. The fourth-order valence-corrected chi connectivity index (χ4v) is 2.86. The Bertz CT molecular complexity index is 557. The molecule has 132 valence electrons. The van der Waals surface area contributed by atoms with Crippen LogP contribution in [0.1, 0.15) is 35.2 Å². The van der Waals surface area contributed by atoms with Crippen LogP contribution in [-0.4, -0.2) is 49.9 Å². The van der Waals surface area contributed by atoms with Gasteiger partial charge in [-0.15, -0.1) is 0 Å². The lowest BCUT2D eigenvalue weighted by molar-refractivity contribution is -0.125. The highest BCUT2D eigenvalue weighted by atomic mass is 16.2. The maximum atomic E-state index is 12.1. The van der Waals surface area contributed by atoms with Crippen molar-refractivity contribution in [1.82, 2.24) is 15.5 Å². The molecule has 2 unspecified atom stereocenters. The van der Waals surface area contributed by atoms with Crippen LogP contribution in [-0.2, 0) is 11.3 Å². The summed E-state index contributed by atoms with van der Waals surface area (Å²) in [5.41, 5.74) is 7.46. The standard InChI is InChI=1S/C18H28N4O2/c1-22(2)10-9-20-17(23)14-5-3-13(4-6-14)12-21-18(24)15-7-8-16(19)11-15/h3-6,15-16H,7-12,19H2,1-2H3,(H,20,23)(H,21,24). The van der Waals surface area contributed by atoms with E-state index in [2.05, 4.69) is 10.6 Å². The molecule has 1 saturated carbocycles. The molecule has 1 aromatic carbocycles. The minimum atomic E-state index is -0.0765. The second kappa shape index (κ2) is 8.80. The topological polar surface area (TPSA) is 87.5 Å². The van der Waals surface area contributed by atoms with Crippen LogP contribution in [0.5, 0.6) is 0 Å². The van der Waals surface area contributed by atoms with Crippen molar-refractivity contribution in [3.8, 4) is 0 Å². The molecule has 0 saturated heterocycles. The average Bonchev–Trinajstić information content (AvgIpc) is 2.99. The summed E-state index contributed by atoms with van der Waals surface area (Å²) in [5.74, 6) is 0.0441. The largest absolute Gasteiger partial charge is 0.352 e. The molecule has 0 bridgehead atoms. The monoisotopic (exact) mass is 332 g/mol. The van der Waals surface area contributed by atoms with Crippen molar-refractivity contribution < 1.29 is 9.59 Å². The van der Waals surface area contributed by atoms with E-state index in [1.807, 2.05) is 31.1 Å². The maximum absolute atomic E-state index is 12.1. The third kappa shape index (κ3) is 5.62. The molecule has 1 aliphatic carbocycles. The molecule has 0 aliphatic heterocycles. The number of benzene rings is 1. The van der Waals surface area contributed by atoms with E-state index in [4.69, 9.17) is 5.73 Å². The SMILES string of the molecule is CN(C)CCNC(=O)c1ccc(CNC(=O)C2CCC(N)C2)cc1. The first-order valence-corrected chi connectivity index (χ1v) is 8.51. The van der Waals surface area contributed by atoms with Crippen molar-refractivity contribution in [3.63, 3.8) is 0 Å². The highest BCUT2D eigenvalue weighted by Gasteiger charge is 2.27. The van der Waals surface area contributed by atoms with Gasteiger partial charge < -0.3 is 21.3 Å². The van der Waals surface area contributed by atoms with Crippen LogP contribution in [0, 0.1) is 5.92 Å². The summed E-state index contributed by atoms with van der Waals surface area (Å²) in [6.07, 6.45) is 2.58. The lowest BCUT2D eigenvalue weighted by Crippen LogP contribution is -2.31. The second-order valence-corrected chi connectivity index (χ2v) is 6.74. The zero-order valence-electron chi connectivity index (χ0n) is 14.5. The van der Waals surface area contributed by atoms with Gasteiger partial charge in [-0.2, -0.15) is 0 Å². The number of nitrogens with two attached hydrogens (primary N) is 1. The van der Waals surface area contributed by atoms with Crippen LogP contribution < -0.4 is 16.4 Å². The molecule has 1 aromatic rings. The van der Waals surface area contributed by atoms with Crippen molar-refractivity contribution in [3.05, 3.63) is 35.4 Å². The molecule has 6 nitrogen and oxygen atoms in total. The van der Waals surface area contributed by atoms with Crippen LogP contribution >= 0.6 is 0 Å². The average molecular weight is 332 g/mol. The van der Waals surface area contributed by atoms with Gasteiger partial charge in [0, 0.05) is 37.2 Å². The Balaban J connectivity index is 1.77. The predicted molar refractivity (Wildman–Crippen MR) is 94.5 cm³/mol. The van der Waals surface area contributed by atoms with Gasteiger partial charge in [0.2, 0.25) is 5.91 Å². The van der Waals surface area contributed by atoms with E-state index in [1.165, 1.54) is 0 Å². The van der Waals surface area contributed by atoms with Crippen LogP contribution in [0.3, 0.4) is 0 Å². The summed E-state index contributed by atoms with van der Waals surface area (Å²) in [6, 6.07) is 7.49. The lowest BCUT2D eigenvalue weighted by atomic mass is 10.1. The first-order chi connectivity index (χ1) is 11.5. The van der Waals surface area contributed by atoms with E-state index in [0.29, 0.717) is 18.7 Å². The number of carbonyl (C=O) groups excluding carboxylic acids is 2. The van der Waals surface area contributed by atoms with E-state index >= 15 is 0 Å². The molecule has 2 atom stereocenters. The third-order valence-corrected chi connectivity index (χ3v) is 4.37. The van der Waals surface area contributed by atoms with Crippen molar-refractivity contribution in [2.75, 3.05) is 27.2 Å². The van der Waals surface area contributed by atoms with E-state index < -0.39 is 0 Å². The van der Waals surface area contributed by atoms with Crippen LogP contribution in [0.2, 0.25) is 0 Å². The minimum Gasteiger partial charge on any atom is -0.352 e. The first-order valence-electron chi connectivity index (χ1n) is 8.51. The second-order valence-electron chi connectivity index (χ2n) is 6.74. The molecule has 2 amide bonds. The molecule has 24 heavy (non-hydrogen) atoms. The normalized spacial score (nSPS) is 20.2. The maximum Gasteiger partial charge on any atom is 0.251 e. The van der Waals surface area contributed by atoms with Gasteiger partial charge in [-0.3, -0.25) is 9.59 Å². The Labute approximate surface area is 143 Å². The third-order valence-electron chi connectivity index (χ3n) is 4.37. The quantitative estimate of drug-likeness (QED) is 0.687. The Kier molecular flexibility index (Phi) is 6.75. The molecule has 4 N–H and O–H groups in total. The summed E-state index contributed by atoms with van der Waals surface area (Å²) >= 11 is 0. The zero-order valence-corrected chi connectivity index (χ0v) is 14.5. The van der Waals surface area contributed by atoms with Gasteiger partial charge in [0.15, 0.2) is 0 Å². The zero-order chi connectivity index (χ0) is 17.5. The highest BCUT2D eigenvalue weighted by Crippen LogP contribution is 2.24. The van der Waals surface area contributed by atoms with E-state index in [-0.39, 0.29) is 23.8 Å².